The summed E-state index contributed by atoms with van der Waals surface area (Å²) in [5.41, 5.74) is 5.56. The second-order valence-corrected chi connectivity index (χ2v) is 7.53. The van der Waals surface area contributed by atoms with E-state index in [0.717, 1.165) is 25.7 Å². The lowest BCUT2D eigenvalue weighted by atomic mass is 9.79. The minimum atomic E-state index is -0.487. The monoisotopic (exact) mass is 284 g/mol. The highest BCUT2D eigenvalue weighted by atomic mass is 16.3. The largest absolute Gasteiger partial charge is 0.391 e. The van der Waals surface area contributed by atoms with Crippen molar-refractivity contribution in [2.24, 2.45) is 16.6 Å². The average molecular weight is 284 g/mol. The van der Waals surface area contributed by atoms with Crippen LogP contribution in [-0.4, -0.2) is 30.2 Å². The van der Waals surface area contributed by atoms with Gasteiger partial charge in [0.2, 0.25) is 5.91 Å². The Morgan fingerprint density at radius 2 is 1.80 bits per heavy atom. The van der Waals surface area contributed by atoms with E-state index in [9.17, 15) is 9.90 Å². The SMILES string of the molecule is CC(C)(C)CC(O)CNC(=O)C1(CN)CCCCCC1. The third-order valence-corrected chi connectivity index (χ3v) is 4.28. The molecule has 4 N–H and O–H groups in total. The van der Waals surface area contributed by atoms with Gasteiger partial charge in [0.25, 0.3) is 0 Å². The molecule has 4 heteroatoms. The Balaban J connectivity index is 2.51. The number of hydrogen-bond acceptors (Lipinski definition) is 3. The first kappa shape index (κ1) is 17.4. The molecule has 0 radical (unpaired) electrons. The first-order valence-corrected chi connectivity index (χ1v) is 7.95. The molecule has 0 saturated heterocycles. The number of hydrogen-bond donors (Lipinski definition) is 3. The highest BCUT2D eigenvalue weighted by molar-refractivity contribution is 5.82. The van der Waals surface area contributed by atoms with E-state index in [2.05, 4.69) is 26.1 Å². The molecule has 0 aliphatic heterocycles. The Bertz CT molecular complexity index is 302. The Labute approximate surface area is 123 Å². The maximum Gasteiger partial charge on any atom is 0.227 e. The molecule has 4 nitrogen and oxygen atoms in total. The van der Waals surface area contributed by atoms with Crippen molar-refractivity contribution < 1.29 is 9.90 Å². The van der Waals surface area contributed by atoms with Gasteiger partial charge in [-0.15, -0.1) is 0 Å². The zero-order chi connectivity index (χ0) is 15.2. The van der Waals surface area contributed by atoms with Gasteiger partial charge in [-0.05, 0) is 24.7 Å². The second-order valence-electron chi connectivity index (χ2n) is 7.53. The Morgan fingerprint density at radius 1 is 1.25 bits per heavy atom. The normalized spacial score (nSPS) is 21.1. The first-order chi connectivity index (χ1) is 9.29. The topological polar surface area (TPSA) is 75.3 Å². The minimum Gasteiger partial charge on any atom is -0.391 e. The van der Waals surface area contributed by atoms with Gasteiger partial charge in [-0.3, -0.25) is 4.79 Å². The summed E-state index contributed by atoms with van der Waals surface area (Å²) in [6.07, 6.45) is 6.51. The van der Waals surface area contributed by atoms with E-state index < -0.39 is 11.5 Å². The Kier molecular flexibility index (Phi) is 6.46. The van der Waals surface area contributed by atoms with Crippen LogP contribution in [0.4, 0.5) is 0 Å². The van der Waals surface area contributed by atoms with Gasteiger partial charge in [0.1, 0.15) is 0 Å². The summed E-state index contributed by atoms with van der Waals surface area (Å²) < 4.78 is 0. The minimum absolute atomic E-state index is 0.0369. The van der Waals surface area contributed by atoms with Crippen LogP contribution in [-0.2, 0) is 4.79 Å². The van der Waals surface area contributed by atoms with Crippen LogP contribution in [0.25, 0.3) is 0 Å². The zero-order valence-electron chi connectivity index (χ0n) is 13.4. The number of nitrogens with one attached hydrogen (secondary N) is 1. The van der Waals surface area contributed by atoms with Crippen molar-refractivity contribution in [2.45, 2.75) is 71.8 Å². The summed E-state index contributed by atoms with van der Waals surface area (Å²) in [5, 5.41) is 12.9. The maximum atomic E-state index is 12.5. The van der Waals surface area contributed by atoms with Gasteiger partial charge in [-0.1, -0.05) is 46.5 Å². The fraction of sp³-hybridized carbons (Fsp3) is 0.938. The van der Waals surface area contributed by atoms with E-state index in [4.69, 9.17) is 5.73 Å². The summed E-state index contributed by atoms with van der Waals surface area (Å²) in [5.74, 6) is 0.0369. The highest BCUT2D eigenvalue weighted by Gasteiger charge is 2.37. The molecule has 1 rings (SSSR count). The lowest BCUT2D eigenvalue weighted by molar-refractivity contribution is -0.132. The number of carbonyl (C=O) groups is 1. The predicted molar refractivity (Wildman–Crippen MR) is 82.3 cm³/mol. The molecule has 1 amide bonds. The molecule has 0 heterocycles. The molecule has 1 aliphatic carbocycles. The van der Waals surface area contributed by atoms with Crippen molar-refractivity contribution in [1.29, 1.82) is 0 Å². The summed E-state index contributed by atoms with van der Waals surface area (Å²) >= 11 is 0. The second kappa shape index (κ2) is 7.41. The lowest BCUT2D eigenvalue weighted by Gasteiger charge is -2.31. The van der Waals surface area contributed by atoms with Gasteiger partial charge in [0, 0.05) is 13.1 Å². The van der Waals surface area contributed by atoms with E-state index in [1.165, 1.54) is 12.8 Å². The summed E-state index contributed by atoms with van der Waals surface area (Å²) in [7, 11) is 0. The molecule has 1 aliphatic rings. The van der Waals surface area contributed by atoms with Gasteiger partial charge in [-0.2, -0.15) is 0 Å². The van der Waals surface area contributed by atoms with Crippen molar-refractivity contribution in [3.63, 3.8) is 0 Å². The molecule has 1 saturated carbocycles. The molecule has 1 fully saturated rings. The highest BCUT2D eigenvalue weighted by Crippen LogP contribution is 2.34. The van der Waals surface area contributed by atoms with Crippen LogP contribution in [0.5, 0.6) is 0 Å². The van der Waals surface area contributed by atoms with Crippen LogP contribution in [0.15, 0.2) is 0 Å². The van der Waals surface area contributed by atoms with Gasteiger partial charge in [0.15, 0.2) is 0 Å². The lowest BCUT2D eigenvalue weighted by Crippen LogP contribution is -2.47. The summed E-state index contributed by atoms with van der Waals surface area (Å²) in [6.45, 7) is 7.01. The molecule has 0 aromatic carbocycles. The Morgan fingerprint density at radius 3 is 2.25 bits per heavy atom. The van der Waals surface area contributed by atoms with Crippen molar-refractivity contribution in [1.82, 2.24) is 5.32 Å². The number of carbonyl (C=O) groups excluding carboxylic acids is 1. The molecule has 0 aromatic heterocycles. The summed E-state index contributed by atoms with van der Waals surface area (Å²) in [6, 6.07) is 0. The van der Waals surface area contributed by atoms with Gasteiger partial charge >= 0.3 is 0 Å². The molecule has 0 aromatic rings. The first-order valence-electron chi connectivity index (χ1n) is 7.95. The van der Waals surface area contributed by atoms with E-state index in [-0.39, 0.29) is 11.3 Å². The molecule has 0 bridgehead atoms. The predicted octanol–water partition coefficient (Wildman–Crippen LogP) is 2.20. The molecule has 118 valence electrons. The third-order valence-electron chi connectivity index (χ3n) is 4.28. The van der Waals surface area contributed by atoms with Crippen LogP contribution in [0.1, 0.15) is 65.7 Å². The standard InChI is InChI=1S/C16H32N2O2/c1-15(2,3)10-13(19)11-18-14(20)16(12-17)8-6-4-5-7-9-16/h13,19H,4-12,17H2,1-3H3,(H,18,20). The molecule has 1 unspecified atom stereocenters. The smallest absolute Gasteiger partial charge is 0.227 e. The molecule has 0 spiro atoms. The number of aliphatic hydroxyl groups excluding tert-OH is 1. The van der Waals surface area contributed by atoms with E-state index in [0.29, 0.717) is 19.5 Å². The van der Waals surface area contributed by atoms with Crippen LogP contribution in [0, 0.1) is 10.8 Å². The van der Waals surface area contributed by atoms with E-state index in [1.54, 1.807) is 0 Å². The number of nitrogens with two attached hydrogens (primary N) is 1. The van der Waals surface area contributed by atoms with Crippen LogP contribution < -0.4 is 11.1 Å². The van der Waals surface area contributed by atoms with Crippen molar-refractivity contribution in [2.75, 3.05) is 13.1 Å². The Hall–Kier alpha value is -0.610. The fourth-order valence-electron chi connectivity index (χ4n) is 3.11. The number of aliphatic hydroxyl groups is 1. The zero-order valence-corrected chi connectivity index (χ0v) is 13.4. The van der Waals surface area contributed by atoms with E-state index in [1.807, 2.05) is 0 Å². The quantitative estimate of drug-likeness (QED) is 0.677. The van der Waals surface area contributed by atoms with Crippen molar-refractivity contribution in [3.8, 4) is 0 Å². The fourth-order valence-corrected chi connectivity index (χ4v) is 3.11. The van der Waals surface area contributed by atoms with Gasteiger partial charge < -0.3 is 16.2 Å². The molecular weight excluding hydrogens is 252 g/mol. The number of rotatable bonds is 5. The summed E-state index contributed by atoms with van der Waals surface area (Å²) in [4.78, 5) is 12.5. The average Bonchev–Trinajstić information content (AvgIpc) is 2.60. The molecule has 20 heavy (non-hydrogen) atoms. The van der Waals surface area contributed by atoms with Crippen LogP contribution in [0.3, 0.4) is 0 Å². The third kappa shape index (κ3) is 5.41. The van der Waals surface area contributed by atoms with Gasteiger partial charge in [-0.25, -0.2) is 0 Å². The van der Waals surface area contributed by atoms with Crippen molar-refractivity contribution >= 4 is 5.91 Å². The molecule has 1 atom stereocenters. The number of amides is 1. The molecular formula is C16H32N2O2. The van der Waals surface area contributed by atoms with Crippen molar-refractivity contribution in [3.05, 3.63) is 0 Å². The maximum absolute atomic E-state index is 12.5. The van der Waals surface area contributed by atoms with E-state index >= 15 is 0 Å². The van der Waals surface area contributed by atoms with Gasteiger partial charge in [0.05, 0.1) is 11.5 Å². The van der Waals surface area contributed by atoms with Crippen LogP contribution in [0.2, 0.25) is 0 Å². The van der Waals surface area contributed by atoms with Crippen LogP contribution >= 0.6 is 0 Å².